The zero-order valence-corrected chi connectivity index (χ0v) is 21.2. The summed E-state index contributed by atoms with van der Waals surface area (Å²) in [6.45, 7) is 5.62. The van der Waals surface area contributed by atoms with Crippen LogP contribution in [0.25, 0.3) is 22.3 Å². The van der Waals surface area contributed by atoms with Gasteiger partial charge in [-0.25, -0.2) is 14.1 Å². The number of aromatic amines is 1. The molecule has 2 aromatic carbocycles. The number of alkyl halides is 2. The number of nitrogens with zero attached hydrogens (tertiary/aromatic N) is 4. The van der Waals surface area contributed by atoms with Gasteiger partial charge in [-0.05, 0) is 37.1 Å². The van der Waals surface area contributed by atoms with Crippen molar-refractivity contribution in [3.8, 4) is 28.5 Å². The van der Waals surface area contributed by atoms with Crippen molar-refractivity contribution in [1.29, 1.82) is 0 Å². The van der Waals surface area contributed by atoms with Crippen LogP contribution < -0.4 is 24.7 Å². The number of H-pyrrole nitrogens is 1. The summed E-state index contributed by atoms with van der Waals surface area (Å²) in [5, 5.41) is 4.37. The maximum absolute atomic E-state index is 14.5. The number of nitrogens with one attached hydrogen (secondary N) is 1. The Labute approximate surface area is 219 Å². The second kappa shape index (κ2) is 9.97. The van der Waals surface area contributed by atoms with E-state index in [-0.39, 0.29) is 52.1 Å². The molecule has 10 nitrogen and oxygen atoms in total. The van der Waals surface area contributed by atoms with Crippen LogP contribution in [0, 0.1) is 11.7 Å². The minimum Gasteiger partial charge on any atom is -0.493 e. The largest absolute Gasteiger partial charge is 0.586 e. The van der Waals surface area contributed by atoms with Crippen LogP contribution in [0.1, 0.15) is 20.8 Å². The number of halogens is 3. The molecule has 0 bridgehead atoms. The van der Waals surface area contributed by atoms with Gasteiger partial charge in [0.15, 0.2) is 17.0 Å². The Hall–Kier alpha value is -4.55. The van der Waals surface area contributed by atoms with E-state index in [0.717, 1.165) is 4.68 Å². The molecular weight excluding hydrogens is 519 g/mol. The molecule has 39 heavy (non-hydrogen) atoms. The van der Waals surface area contributed by atoms with Crippen molar-refractivity contribution in [2.75, 3.05) is 18.1 Å². The molecule has 0 atom stereocenters. The summed E-state index contributed by atoms with van der Waals surface area (Å²) in [5.74, 6) is -1.01. The Balaban J connectivity index is 1.49. The highest BCUT2D eigenvalue weighted by Crippen LogP contribution is 2.42. The molecule has 0 fully saturated rings. The third-order valence-electron chi connectivity index (χ3n) is 5.86. The minimum atomic E-state index is -3.80. The first-order valence-corrected chi connectivity index (χ1v) is 12.1. The number of hydrogen-bond donors (Lipinski definition) is 1. The van der Waals surface area contributed by atoms with Gasteiger partial charge >= 0.3 is 6.29 Å². The summed E-state index contributed by atoms with van der Waals surface area (Å²) in [4.78, 5) is 34.6. The first-order chi connectivity index (χ1) is 18.5. The highest BCUT2D eigenvalue weighted by atomic mass is 19.3. The molecule has 4 aromatic rings. The molecule has 1 aliphatic rings. The first-order valence-electron chi connectivity index (χ1n) is 12.1. The lowest BCUT2D eigenvalue weighted by atomic mass is 10.1. The third kappa shape index (κ3) is 5.24. The number of aromatic nitrogens is 4. The number of ether oxygens (including phenoxy) is 3. The molecule has 0 radical (unpaired) electrons. The molecule has 1 N–H and O–H groups in total. The van der Waals surface area contributed by atoms with Crippen LogP contribution in [-0.4, -0.2) is 45.1 Å². The van der Waals surface area contributed by atoms with Crippen LogP contribution in [0.3, 0.4) is 0 Å². The minimum absolute atomic E-state index is 0.00932. The van der Waals surface area contributed by atoms with Crippen LogP contribution in [0.4, 0.5) is 18.9 Å². The molecule has 0 saturated heterocycles. The molecule has 5 rings (SSSR count). The zero-order valence-electron chi connectivity index (χ0n) is 21.2. The fourth-order valence-corrected chi connectivity index (χ4v) is 4.15. The number of likely N-dealkylation sites (N-methyl/N-ethyl adjacent to an activating group) is 1. The van der Waals surface area contributed by atoms with E-state index in [2.05, 4.69) is 24.5 Å². The van der Waals surface area contributed by atoms with E-state index in [1.54, 1.807) is 13.0 Å². The number of amides is 1. The predicted octanol–water partition coefficient (Wildman–Crippen LogP) is 4.34. The van der Waals surface area contributed by atoms with Crippen molar-refractivity contribution in [1.82, 2.24) is 19.7 Å². The number of carbonyl (C=O) groups is 1. The Morgan fingerprint density at radius 2 is 1.95 bits per heavy atom. The van der Waals surface area contributed by atoms with Crippen molar-refractivity contribution in [2.24, 2.45) is 5.92 Å². The van der Waals surface area contributed by atoms with Crippen molar-refractivity contribution in [3.05, 3.63) is 58.9 Å². The molecule has 0 aliphatic carbocycles. The lowest BCUT2D eigenvalue weighted by Gasteiger charge is -2.21. The number of rotatable bonds is 8. The summed E-state index contributed by atoms with van der Waals surface area (Å²) in [5.41, 5.74) is 0.403. The van der Waals surface area contributed by atoms with Gasteiger partial charge < -0.3 is 24.1 Å². The monoisotopic (exact) mass is 543 g/mol. The molecule has 0 saturated carbocycles. The van der Waals surface area contributed by atoms with Crippen molar-refractivity contribution in [3.63, 3.8) is 0 Å². The molecule has 2 aromatic heterocycles. The number of carbonyl (C=O) groups excluding carboxylic acids is 1. The Kier molecular flexibility index (Phi) is 6.66. The smallest absolute Gasteiger partial charge is 0.493 e. The van der Waals surface area contributed by atoms with Gasteiger partial charge in [-0.2, -0.15) is 5.10 Å². The second-order valence-electron chi connectivity index (χ2n) is 9.25. The summed E-state index contributed by atoms with van der Waals surface area (Å²) < 4.78 is 56.9. The molecule has 13 heteroatoms. The molecule has 1 aliphatic heterocycles. The van der Waals surface area contributed by atoms with Gasteiger partial charge in [0.2, 0.25) is 5.91 Å². The number of imidazole rings is 1. The van der Waals surface area contributed by atoms with E-state index >= 15 is 0 Å². The number of hydrogen-bond acceptors (Lipinski definition) is 7. The van der Waals surface area contributed by atoms with E-state index in [4.69, 9.17) is 4.74 Å². The van der Waals surface area contributed by atoms with Crippen molar-refractivity contribution >= 4 is 22.6 Å². The van der Waals surface area contributed by atoms with E-state index in [1.807, 2.05) is 13.8 Å². The van der Waals surface area contributed by atoms with Gasteiger partial charge in [0.05, 0.1) is 18.5 Å². The SMILES string of the molecule is CCN(C(=O)Cn1nc(-c2cc(F)cc(OCC(C)C)c2)c2[nH]cnc2c1=O)c1ccc2c(c1)OC(F)(F)O2. The van der Waals surface area contributed by atoms with Gasteiger partial charge in [-0.15, -0.1) is 8.78 Å². The summed E-state index contributed by atoms with van der Waals surface area (Å²) in [6, 6.07) is 8.02. The van der Waals surface area contributed by atoms with Gasteiger partial charge in [0, 0.05) is 29.9 Å². The third-order valence-corrected chi connectivity index (χ3v) is 5.86. The topological polar surface area (TPSA) is 112 Å². The Bertz CT molecular complexity index is 1620. The van der Waals surface area contributed by atoms with Gasteiger partial charge in [0.25, 0.3) is 5.56 Å². The van der Waals surface area contributed by atoms with Crippen LogP contribution in [0.2, 0.25) is 0 Å². The highest BCUT2D eigenvalue weighted by molar-refractivity contribution is 5.94. The van der Waals surface area contributed by atoms with E-state index in [9.17, 15) is 22.8 Å². The summed E-state index contributed by atoms with van der Waals surface area (Å²) in [7, 11) is 0. The standard InChI is InChI=1S/C26H24F3N5O5/c1-4-33(17-5-6-19-20(10-17)39-26(28,29)38-19)21(35)11-34-25(36)24-23(30-13-31-24)22(32-34)15-7-16(27)9-18(8-15)37-12-14(2)3/h5-10,13-14H,4,11-12H2,1-3H3,(H,30,31). The Morgan fingerprint density at radius 1 is 1.18 bits per heavy atom. The summed E-state index contributed by atoms with van der Waals surface area (Å²) >= 11 is 0. The molecule has 3 heterocycles. The first kappa shape index (κ1) is 26.1. The van der Waals surface area contributed by atoms with Crippen LogP contribution in [-0.2, 0) is 11.3 Å². The average molecular weight is 544 g/mol. The Morgan fingerprint density at radius 3 is 2.69 bits per heavy atom. The zero-order chi connectivity index (χ0) is 27.9. The molecule has 1 amide bonds. The van der Waals surface area contributed by atoms with Crippen molar-refractivity contribution in [2.45, 2.75) is 33.6 Å². The van der Waals surface area contributed by atoms with Crippen molar-refractivity contribution < 1.29 is 32.2 Å². The number of anilines is 1. The van der Waals surface area contributed by atoms with E-state index < -0.39 is 30.1 Å². The van der Waals surface area contributed by atoms with Crippen LogP contribution >= 0.6 is 0 Å². The van der Waals surface area contributed by atoms with Gasteiger partial charge in [-0.1, -0.05) is 13.8 Å². The maximum Gasteiger partial charge on any atom is 0.586 e. The highest BCUT2D eigenvalue weighted by Gasteiger charge is 2.43. The fourth-order valence-electron chi connectivity index (χ4n) is 4.15. The molecular formula is C26H24F3N5O5. The number of benzene rings is 2. The predicted molar refractivity (Wildman–Crippen MR) is 135 cm³/mol. The van der Waals surface area contributed by atoms with Crippen LogP contribution in [0.15, 0.2) is 47.5 Å². The van der Waals surface area contributed by atoms with Gasteiger partial charge in [0.1, 0.15) is 23.8 Å². The second-order valence-corrected chi connectivity index (χ2v) is 9.25. The number of fused-ring (bicyclic) bond motifs is 2. The lowest BCUT2D eigenvalue weighted by molar-refractivity contribution is -0.286. The van der Waals surface area contributed by atoms with Gasteiger partial charge in [-0.3, -0.25) is 9.59 Å². The maximum atomic E-state index is 14.5. The molecule has 0 unspecified atom stereocenters. The fraction of sp³-hybridized carbons (Fsp3) is 0.308. The summed E-state index contributed by atoms with van der Waals surface area (Å²) in [6.07, 6.45) is -2.50. The van der Waals surface area contributed by atoms with E-state index in [1.165, 1.54) is 41.6 Å². The van der Waals surface area contributed by atoms with E-state index in [0.29, 0.717) is 12.2 Å². The average Bonchev–Trinajstić information content (AvgIpc) is 3.48. The quantitative estimate of drug-likeness (QED) is 0.352. The van der Waals surface area contributed by atoms with Crippen LogP contribution in [0.5, 0.6) is 17.2 Å². The molecule has 0 spiro atoms. The molecule has 204 valence electrons. The lowest BCUT2D eigenvalue weighted by Crippen LogP contribution is -2.37. The normalized spacial score (nSPS) is 13.7.